The molecule has 88 valence electrons. The molecule has 2 aromatic rings. The molecule has 1 heterocycles. The van der Waals surface area contributed by atoms with Crippen molar-refractivity contribution < 1.29 is 4.74 Å². The fourth-order valence-corrected chi connectivity index (χ4v) is 2.70. The van der Waals surface area contributed by atoms with Gasteiger partial charge in [0, 0.05) is 18.0 Å². The third-order valence-corrected chi connectivity index (χ3v) is 3.58. The van der Waals surface area contributed by atoms with Gasteiger partial charge in [0.1, 0.15) is 5.75 Å². The average Bonchev–Trinajstić information content (AvgIpc) is 2.37. The Balaban J connectivity index is 2.30. The van der Waals surface area contributed by atoms with Crippen LogP contribution in [0.25, 0.3) is 10.8 Å². The molecule has 0 aromatic heterocycles. The van der Waals surface area contributed by atoms with Gasteiger partial charge in [-0.3, -0.25) is 0 Å². The summed E-state index contributed by atoms with van der Waals surface area (Å²) in [5.41, 5.74) is 2.85. The van der Waals surface area contributed by atoms with E-state index in [1.165, 1.54) is 21.9 Å². The number of methoxy groups -OCH3 is 1. The molecule has 2 nitrogen and oxygen atoms in total. The van der Waals surface area contributed by atoms with Gasteiger partial charge in [0.05, 0.1) is 7.11 Å². The van der Waals surface area contributed by atoms with E-state index in [2.05, 4.69) is 42.6 Å². The molecule has 17 heavy (non-hydrogen) atoms. The minimum atomic E-state index is 0.549. The standard InChI is InChI=1S/C15H17NO/c1-10-7-11-8-15(17-2)13-6-4-3-5-12(13)14(11)9-16-10/h3-6,8,10,16H,7,9H2,1-2H3. The number of fused-ring (bicyclic) bond motifs is 3. The molecule has 3 rings (SSSR count). The molecule has 0 saturated heterocycles. The zero-order chi connectivity index (χ0) is 11.8. The van der Waals surface area contributed by atoms with E-state index < -0.39 is 0 Å². The number of rotatable bonds is 1. The first kappa shape index (κ1) is 10.6. The number of benzene rings is 2. The van der Waals surface area contributed by atoms with E-state index >= 15 is 0 Å². The van der Waals surface area contributed by atoms with Crippen molar-refractivity contribution in [1.82, 2.24) is 5.32 Å². The molecule has 1 atom stereocenters. The first-order chi connectivity index (χ1) is 8.29. The predicted molar refractivity (Wildman–Crippen MR) is 70.5 cm³/mol. The Morgan fingerprint density at radius 1 is 1.24 bits per heavy atom. The fraction of sp³-hybridized carbons (Fsp3) is 0.333. The van der Waals surface area contributed by atoms with E-state index in [-0.39, 0.29) is 0 Å². The summed E-state index contributed by atoms with van der Waals surface area (Å²) in [5.74, 6) is 0.994. The highest BCUT2D eigenvalue weighted by Gasteiger charge is 2.18. The quantitative estimate of drug-likeness (QED) is 0.809. The molecule has 0 spiro atoms. The summed E-state index contributed by atoms with van der Waals surface area (Å²) in [6.45, 7) is 3.19. The summed E-state index contributed by atoms with van der Waals surface area (Å²) in [7, 11) is 1.75. The van der Waals surface area contributed by atoms with Crippen LogP contribution in [0, 0.1) is 0 Å². The third kappa shape index (κ3) is 1.69. The smallest absolute Gasteiger partial charge is 0.126 e. The normalized spacial score (nSPS) is 19.1. The van der Waals surface area contributed by atoms with Crippen LogP contribution in [0.5, 0.6) is 5.75 Å². The van der Waals surface area contributed by atoms with Crippen molar-refractivity contribution in [2.24, 2.45) is 0 Å². The number of ether oxygens (including phenoxy) is 1. The molecule has 2 heteroatoms. The Morgan fingerprint density at radius 2 is 2.00 bits per heavy atom. The summed E-state index contributed by atoms with van der Waals surface area (Å²) < 4.78 is 5.51. The predicted octanol–water partition coefficient (Wildman–Crippen LogP) is 2.88. The molecule has 0 bridgehead atoms. The maximum absolute atomic E-state index is 5.51. The van der Waals surface area contributed by atoms with Crippen LogP contribution in [-0.2, 0) is 13.0 Å². The Hall–Kier alpha value is -1.54. The Bertz CT molecular complexity index is 562. The van der Waals surface area contributed by atoms with E-state index in [9.17, 15) is 0 Å². The summed E-state index contributed by atoms with van der Waals surface area (Å²) in [6, 6.07) is 11.2. The van der Waals surface area contributed by atoms with Crippen molar-refractivity contribution >= 4 is 10.8 Å². The molecule has 2 aromatic carbocycles. The lowest BCUT2D eigenvalue weighted by Gasteiger charge is -2.25. The molecule has 0 fully saturated rings. The van der Waals surface area contributed by atoms with E-state index in [4.69, 9.17) is 4.74 Å². The molecule has 0 radical (unpaired) electrons. The fourth-order valence-electron chi connectivity index (χ4n) is 2.70. The molecule has 1 aliphatic rings. The lowest BCUT2D eigenvalue weighted by molar-refractivity contribution is 0.417. The topological polar surface area (TPSA) is 21.3 Å². The number of nitrogens with one attached hydrogen (secondary N) is 1. The molecule has 0 aliphatic carbocycles. The Labute approximate surface area is 102 Å². The average molecular weight is 227 g/mol. The van der Waals surface area contributed by atoms with Gasteiger partial charge < -0.3 is 10.1 Å². The van der Waals surface area contributed by atoms with Gasteiger partial charge in [0.25, 0.3) is 0 Å². The van der Waals surface area contributed by atoms with Gasteiger partial charge in [0.15, 0.2) is 0 Å². The summed E-state index contributed by atoms with van der Waals surface area (Å²) in [5, 5.41) is 6.06. The molecular weight excluding hydrogens is 210 g/mol. The zero-order valence-electron chi connectivity index (χ0n) is 10.3. The van der Waals surface area contributed by atoms with Crippen LogP contribution in [0.3, 0.4) is 0 Å². The van der Waals surface area contributed by atoms with Crippen LogP contribution in [0.15, 0.2) is 30.3 Å². The maximum atomic E-state index is 5.51. The van der Waals surface area contributed by atoms with Gasteiger partial charge in [0.2, 0.25) is 0 Å². The first-order valence-corrected chi connectivity index (χ1v) is 6.10. The first-order valence-electron chi connectivity index (χ1n) is 6.10. The minimum Gasteiger partial charge on any atom is -0.496 e. The lowest BCUT2D eigenvalue weighted by atomic mass is 9.91. The van der Waals surface area contributed by atoms with Gasteiger partial charge in [-0.05, 0) is 35.9 Å². The van der Waals surface area contributed by atoms with Crippen LogP contribution in [-0.4, -0.2) is 13.2 Å². The van der Waals surface area contributed by atoms with Crippen LogP contribution >= 0.6 is 0 Å². The lowest BCUT2D eigenvalue weighted by Crippen LogP contribution is -2.32. The van der Waals surface area contributed by atoms with Gasteiger partial charge in [-0.1, -0.05) is 24.3 Å². The van der Waals surface area contributed by atoms with E-state index in [0.29, 0.717) is 6.04 Å². The molecule has 1 N–H and O–H groups in total. The van der Waals surface area contributed by atoms with E-state index in [1.54, 1.807) is 7.11 Å². The molecular formula is C15H17NO. The second-order valence-electron chi connectivity index (χ2n) is 4.75. The molecule has 1 aliphatic heterocycles. The largest absolute Gasteiger partial charge is 0.496 e. The summed E-state index contributed by atoms with van der Waals surface area (Å²) in [6.07, 6.45) is 1.08. The van der Waals surface area contributed by atoms with Crippen molar-refractivity contribution in [2.75, 3.05) is 7.11 Å². The number of hydrogen-bond acceptors (Lipinski definition) is 2. The van der Waals surface area contributed by atoms with Crippen molar-refractivity contribution in [3.63, 3.8) is 0 Å². The van der Waals surface area contributed by atoms with E-state index in [1.807, 2.05) is 0 Å². The van der Waals surface area contributed by atoms with Gasteiger partial charge in [-0.25, -0.2) is 0 Å². The Morgan fingerprint density at radius 3 is 2.76 bits per heavy atom. The highest BCUT2D eigenvalue weighted by Crippen LogP contribution is 2.33. The highest BCUT2D eigenvalue weighted by molar-refractivity contribution is 5.92. The van der Waals surface area contributed by atoms with Gasteiger partial charge in [-0.2, -0.15) is 0 Å². The highest BCUT2D eigenvalue weighted by atomic mass is 16.5. The summed E-state index contributed by atoms with van der Waals surface area (Å²) in [4.78, 5) is 0. The van der Waals surface area contributed by atoms with Crippen molar-refractivity contribution in [3.05, 3.63) is 41.5 Å². The van der Waals surface area contributed by atoms with Crippen molar-refractivity contribution in [2.45, 2.75) is 25.9 Å². The molecule has 0 amide bonds. The van der Waals surface area contributed by atoms with Gasteiger partial charge >= 0.3 is 0 Å². The summed E-state index contributed by atoms with van der Waals surface area (Å²) >= 11 is 0. The maximum Gasteiger partial charge on any atom is 0.126 e. The van der Waals surface area contributed by atoms with E-state index in [0.717, 1.165) is 18.7 Å². The van der Waals surface area contributed by atoms with Gasteiger partial charge in [-0.15, -0.1) is 0 Å². The third-order valence-electron chi connectivity index (χ3n) is 3.58. The van der Waals surface area contributed by atoms with Crippen molar-refractivity contribution in [3.8, 4) is 5.75 Å². The monoisotopic (exact) mass is 227 g/mol. The number of hydrogen-bond donors (Lipinski definition) is 1. The molecule has 0 saturated carbocycles. The minimum absolute atomic E-state index is 0.549. The Kier molecular flexibility index (Phi) is 2.52. The van der Waals surface area contributed by atoms with Crippen LogP contribution < -0.4 is 10.1 Å². The van der Waals surface area contributed by atoms with Crippen LogP contribution in [0.1, 0.15) is 18.1 Å². The second-order valence-corrected chi connectivity index (χ2v) is 4.75. The van der Waals surface area contributed by atoms with Crippen LogP contribution in [0.4, 0.5) is 0 Å². The molecule has 1 unspecified atom stereocenters. The zero-order valence-corrected chi connectivity index (χ0v) is 10.3. The van der Waals surface area contributed by atoms with Crippen molar-refractivity contribution in [1.29, 1.82) is 0 Å². The SMILES string of the molecule is COc1cc2c(c3ccccc13)CNC(C)C2. The second kappa shape index (κ2) is 4.04. The van der Waals surface area contributed by atoms with Crippen LogP contribution in [0.2, 0.25) is 0 Å².